The molecule has 3 aromatic rings. The van der Waals surface area contributed by atoms with E-state index in [0.717, 1.165) is 26.4 Å². The van der Waals surface area contributed by atoms with E-state index >= 15 is 0 Å². The summed E-state index contributed by atoms with van der Waals surface area (Å²) in [5.74, 6) is 0. The number of carbonyl (C=O) groups excluding carboxylic acids is 1. The molecule has 3 rings (SSSR count). The molecule has 1 aromatic carbocycles. The Morgan fingerprint density at radius 1 is 1.21 bits per heavy atom. The standard InChI is InChI=1S/C14H9Cl2NOS/c15-10-1-3-12-9(8-18)6-17(13(12)5-10)7-11-2-4-14(16)19-11/h1-6,8H,7H2. The summed E-state index contributed by atoms with van der Waals surface area (Å²) in [7, 11) is 0. The maximum absolute atomic E-state index is 11.1. The number of fused-ring (bicyclic) bond motifs is 1. The minimum Gasteiger partial charge on any atom is -0.341 e. The van der Waals surface area contributed by atoms with Crippen molar-refractivity contribution in [1.82, 2.24) is 4.57 Å². The summed E-state index contributed by atoms with van der Waals surface area (Å²) in [4.78, 5) is 12.2. The highest BCUT2D eigenvalue weighted by molar-refractivity contribution is 7.16. The van der Waals surface area contributed by atoms with Crippen molar-refractivity contribution in [2.75, 3.05) is 0 Å². The fourth-order valence-electron chi connectivity index (χ4n) is 2.12. The molecule has 2 nitrogen and oxygen atoms in total. The Balaban J connectivity index is 2.12. The van der Waals surface area contributed by atoms with Gasteiger partial charge in [0.15, 0.2) is 6.29 Å². The fourth-order valence-corrected chi connectivity index (χ4v) is 3.38. The number of thiophene rings is 1. The number of rotatable bonds is 3. The number of hydrogen-bond acceptors (Lipinski definition) is 2. The van der Waals surface area contributed by atoms with Gasteiger partial charge in [0.1, 0.15) is 0 Å². The van der Waals surface area contributed by atoms with Gasteiger partial charge in [0.05, 0.1) is 16.4 Å². The van der Waals surface area contributed by atoms with Crippen LogP contribution >= 0.6 is 34.5 Å². The van der Waals surface area contributed by atoms with Crippen molar-refractivity contribution in [3.8, 4) is 0 Å². The molecule has 0 fully saturated rings. The first-order valence-electron chi connectivity index (χ1n) is 5.65. The molecule has 0 N–H and O–H groups in total. The Hall–Kier alpha value is -1.29. The summed E-state index contributed by atoms with van der Waals surface area (Å²) in [5.41, 5.74) is 1.63. The molecular formula is C14H9Cl2NOS. The molecule has 0 bridgehead atoms. The molecule has 96 valence electrons. The number of hydrogen-bond donors (Lipinski definition) is 0. The van der Waals surface area contributed by atoms with Gasteiger partial charge >= 0.3 is 0 Å². The molecule has 0 radical (unpaired) electrons. The van der Waals surface area contributed by atoms with E-state index in [2.05, 4.69) is 0 Å². The van der Waals surface area contributed by atoms with Gasteiger partial charge in [-0.25, -0.2) is 0 Å². The van der Waals surface area contributed by atoms with Crippen molar-refractivity contribution < 1.29 is 4.79 Å². The van der Waals surface area contributed by atoms with Crippen LogP contribution in [0, 0.1) is 0 Å². The van der Waals surface area contributed by atoms with E-state index in [0.29, 0.717) is 17.1 Å². The maximum atomic E-state index is 11.1. The Morgan fingerprint density at radius 2 is 2.05 bits per heavy atom. The topological polar surface area (TPSA) is 22.0 Å². The number of nitrogens with zero attached hydrogens (tertiary/aromatic N) is 1. The molecule has 19 heavy (non-hydrogen) atoms. The number of carbonyl (C=O) groups is 1. The summed E-state index contributed by atoms with van der Waals surface area (Å²) in [6.07, 6.45) is 2.72. The lowest BCUT2D eigenvalue weighted by molar-refractivity contribution is 0.112. The van der Waals surface area contributed by atoms with Gasteiger partial charge in [0.2, 0.25) is 0 Å². The summed E-state index contributed by atoms with van der Waals surface area (Å²) < 4.78 is 2.78. The zero-order valence-corrected chi connectivity index (χ0v) is 12.1. The van der Waals surface area contributed by atoms with Crippen LogP contribution in [0.15, 0.2) is 36.5 Å². The lowest BCUT2D eigenvalue weighted by atomic mass is 10.2. The minimum absolute atomic E-state index is 0.661. The SMILES string of the molecule is O=Cc1cn(Cc2ccc(Cl)s2)c2cc(Cl)ccc12. The predicted octanol–water partition coefficient (Wildman–Crippen LogP) is 4.87. The zero-order valence-electron chi connectivity index (χ0n) is 9.77. The lowest BCUT2D eigenvalue weighted by Crippen LogP contribution is -1.95. The van der Waals surface area contributed by atoms with E-state index in [1.807, 2.05) is 35.0 Å². The predicted molar refractivity (Wildman–Crippen MR) is 80.8 cm³/mol. The number of benzene rings is 1. The molecule has 0 spiro atoms. The van der Waals surface area contributed by atoms with Crippen LogP contribution in [0.1, 0.15) is 15.2 Å². The van der Waals surface area contributed by atoms with Crippen LogP contribution in [0.25, 0.3) is 10.9 Å². The Labute approximate surface area is 124 Å². The second-order valence-electron chi connectivity index (χ2n) is 4.20. The van der Waals surface area contributed by atoms with Crippen LogP contribution in [0.5, 0.6) is 0 Å². The molecule has 0 unspecified atom stereocenters. The maximum Gasteiger partial charge on any atom is 0.152 e. The van der Waals surface area contributed by atoms with Gasteiger partial charge in [-0.2, -0.15) is 0 Å². The largest absolute Gasteiger partial charge is 0.341 e. The van der Waals surface area contributed by atoms with Crippen LogP contribution < -0.4 is 0 Å². The van der Waals surface area contributed by atoms with Crippen molar-refractivity contribution in [2.24, 2.45) is 0 Å². The van der Waals surface area contributed by atoms with Crippen molar-refractivity contribution >= 4 is 51.7 Å². The normalized spacial score (nSPS) is 11.1. The van der Waals surface area contributed by atoms with E-state index in [1.54, 1.807) is 6.07 Å². The molecule has 0 atom stereocenters. The fraction of sp³-hybridized carbons (Fsp3) is 0.0714. The van der Waals surface area contributed by atoms with Crippen molar-refractivity contribution in [2.45, 2.75) is 6.54 Å². The Kier molecular flexibility index (Phi) is 3.35. The third kappa shape index (κ3) is 2.41. The van der Waals surface area contributed by atoms with Crippen molar-refractivity contribution in [3.63, 3.8) is 0 Å². The third-order valence-electron chi connectivity index (χ3n) is 2.96. The first-order valence-corrected chi connectivity index (χ1v) is 7.22. The van der Waals surface area contributed by atoms with Gasteiger partial charge in [-0.15, -0.1) is 11.3 Å². The second kappa shape index (κ2) is 5.00. The molecule has 0 saturated heterocycles. The monoisotopic (exact) mass is 309 g/mol. The Bertz CT molecular complexity index is 760. The average molecular weight is 310 g/mol. The molecule has 2 aromatic heterocycles. The molecule has 0 saturated carbocycles. The van der Waals surface area contributed by atoms with Crippen molar-refractivity contribution in [1.29, 1.82) is 0 Å². The van der Waals surface area contributed by atoms with E-state index in [-0.39, 0.29) is 0 Å². The summed E-state index contributed by atoms with van der Waals surface area (Å²) in [5, 5.41) is 1.58. The molecule has 0 aliphatic heterocycles. The second-order valence-corrected chi connectivity index (χ2v) is 6.43. The van der Waals surface area contributed by atoms with E-state index in [4.69, 9.17) is 23.2 Å². The van der Waals surface area contributed by atoms with Crippen LogP contribution in [-0.4, -0.2) is 10.9 Å². The van der Waals surface area contributed by atoms with Gasteiger partial charge in [-0.3, -0.25) is 4.79 Å². The summed E-state index contributed by atoms with van der Waals surface area (Å²) >= 11 is 13.5. The lowest BCUT2D eigenvalue weighted by Gasteiger charge is -2.03. The molecule has 0 aliphatic rings. The molecule has 2 heterocycles. The van der Waals surface area contributed by atoms with Crippen LogP contribution in [0.4, 0.5) is 0 Å². The first kappa shape index (κ1) is 12.7. The van der Waals surface area contributed by atoms with Gasteiger partial charge in [0, 0.05) is 27.0 Å². The number of aldehydes is 1. The number of aromatic nitrogens is 1. The van der Waals surface area contributed by atoms with Crippen LogP contribution in [-0.2, 0) is 6.54 Å². The van der Waals surface area contributed by atoms with Gasteiger partial charge < -0.3 is 4.57 Å². The van der Waals surface area contributed by atoms with Crippen molar-refractivity contribution in [3.05, 3.63) is 56.3 Å². The zero-order chi connectivity index (χ0) is 13.4. The third-order valence-corrected chi connectivity index (χ3v) is 4.41. The van der Waals surface area contributed by atoms with Gasteiger partial charge in [0.25, 0.3) is 0 Å². The van der Waals surface area contributed by atoms with Gasteiger partial charge in [-0.05, 0) is 24.3 Å². The van der Waals surface area contributed by atoms with Crippen LogP contribution in [0.2, 0.25) is 9.36 Å². The van der Waals surface area contributed by atoms with E-state index in [9.17, 15) is 4.79 Å². The highest BCUT2D eigenvalue weighted by Crippen LogP contribution is 2.27. The molecule has 0 aliphatic carbocycles. The number of halogens is 2. The summed E-state index contributed by atoms with van der Waals surface area (Å²) in [6.45, 7) is 0.683. The Morgan fingerprint density at radius 3 is 2.74 bits per heavy atom. The first-order chi connectivity index (χ1) is 9.17. The minimum atomic E-state index is 0.661. The summed E-state index contributed by atoms with van der Waals surface area (Å²) in [6, 6.07) is 9.41. The smallest absolute Gasteiger partial charge is 0.152 e. The van der Waals surface area contributed by atoms with E-state index < -0.39 is 0 Å². The highest BCUT2D eigenvalue weighted by atomic mass is 35.5. The average Bonchev–Trinajstić information content (AvgIpc) is 2.94. The molecule has 5 heteroatoms. The van der Waals surface area contributed by atoms with Gasteiger partial charge in [-0.1, -0.05) is 29.3 Å². The molecular weight excluding hydrogens is 301 g/mol. The molecule has 0 amide bonds. The van der Waals surface area contributed by atoms with E-state index in [1.165, 1.54) is 11.3 Å². The quantitative estimate of drug-likeness (QED) is 0.633. The highest BCUT2D eigenvalue weighted by Gasteiger charge is 2.09. The van der Waals surface area contributed by atoms with Crippen LogP contribution in [0.3, 0.4) is 0 Å².